The van der Waals surface area contributed by atoms with Crippen LogP contribution in [0.1, 0.15) is 10.0 Å². The van der Waals surface area contributed by atoms with Gasteiger partial charge < -0.3 is 4.42 Å². The number of furan rings is 1. The van der Waals surface area contributed by atoms with Gasteiger partial charge in [-0.15, -0.1) is 10.2 Å². The molecule has 21 heavy (non-hydrogen) atoms. The Hall–Kier alpha value is -2.54. The second kappa shape index (κ2) is 4.49. The number of para-hydroxylation sites is 1. The van der Waals surface area contributed by atoms with Gasteiger partial charge in [-0.1, -0.05) is 23.5 Å². The number of aryl methyl sites for hydroxylation is 1. The molecular formula is C14H10N4O2S. The lowest BCUT2D eigenvalue weighted by Crippen LogP contribution is -2.20. The molecule has 6 nitrogen and oxygen atoms in total. The molecule has 7 heteroatoms. The predicted octanol–water partition coefficient (Wildman–Crippen LogP) is 2.35. The van der Waals surface area contributed by atoms with Crippen LogP contribution in [-0.4, -0.2) is 19.7 Å². The second-order valence-electron chi connectivity index (χ2n) is 4.67. The molecule has 0 saturated heterocycles. The van der Waals surface area contributed by atoms with E-state index in [9.17, 15) is 4.79 Å². The maximum Gasteiger partial charge on any atom is 0.297 e. The number of aromatic nitrogens is 4. The smallest absolute Gasteiger partial charge is 0.297 e. The number of benzene rings is 1. The summed E-state index contributed by atoms with van der Waals surface area (Å²) in [6.45, 7) is 2.23. The van der Waals surface area contributed by atoms with Gasteiger partial charge in [-0.05, 0) is 19.1 Å². The van der Waals surface area contributed by atoms with Gasteiger partial charge in [0.2, 0.25) is 5.58 Å². The van der Waals surface area contributed by atoms with Gasteiger partial charge in [0.05, 0.1) is 12.9 Å². The first-order valence-electron chi connectivity index (χ1n) is 6.38. The number of rotatable bonds is 2. The van der Waals surface area contributed by atoms with Crippen LogP contribution in [0.2, 0.25) is 0 Å². The number of fused-ring (bicyclic) bond motifs is 3. The predicted molar refractivity (Wildman–Crippen MR) is 79.5 cm³/mol. The Morgan fingerprint density at radius 2 is 2.14 bits per heavy atom. The summed E-state index contributed by atoms with van der Waals surface area (Å²) in [6, 6.07) is 7.49. The minimum absolute atomic E-state index is 0.205. The van der Waals surface area contributed by atoms with Crippen molar-refractivity contribution in [1.29, 1.82) is 0 Å². The van der Waals surface area contributed by atoms with Gasteiger partial charge in [0, 0.05) is 5.39 Å². The largest absolute Gasteiger partial charge is 0.448 e. The normalized spacial score (nSPS) is 11.5. The lowest BCUT2D eigenvalue weighted by molar-refractivity contribution is 0.641. The molecule has 3 heterocycles. The Morgan fingerprint density at radius 3 is 2.95 bits per heavy atom. The summed E-state index contributed by atoms with van der Waals surface area (Å²) in [7, 11) is 0. The lowest BCUT2D eigenvalue weighted by atomic mass is 10.2. The lowest BCUT2D eigenvalue weighted by Gasteiger charge is -2.00. The van der Waals surface area contributed by atoms with Crippen molar-refractivity contribution in [3.05, 3.63) is 51.0 Å². The van der Waals surface area contributed by atoms with Crippen LogP contribution in [0.25, 0.3) is 22.1 Å². The monoisotopic (exact) mass is 298 g/mol. The van der Waals surface area contributed by atoms with E-state index in [1.54, 1.807) is 0 Å². The molecule has 0 unspecified atom stereocenters. The van der Waals surface area contributed by atoms with Crippen molar-refractivity contribution in [2.45, 2.75) is 13.5 Å². The van der Waals surface area contributed by atoms with Gasteiger partial charge in [-0.3, -0.25) is 9.36 Å². The summed E-state index contributed by atoms with van der Waals surface area (Å²) in [4.78, 5) is 16.9. The van der Waals surface area contributed by atoms with E-state index >= 15 is 0 Å². The maximum atomic E-state index is 12.5. The standard InChI is InChI=1S/C14H10N4O2S/c1-8-16-17-11(21-8)6-18-7-15-12-9-4-2-3-5-10(9)20-13(12)14(18)19/h2-5,7H,6H2,1H3. The van der Waals surface area contributed by atoms with Crippen LogP contribution in [0.4, 0.5) is 0 Å². The Balaban J connectivity index is 1.90. The number of hydrogen-bond acceptors (Lipinski definition) is 6. The van der Waals surface area contributed by atoms with E-state index in [0.717, 1.165) is 15.4 Å². The Morgan fingerprint density at radius 1 is 1.29 bits per heavy atom. The average molecular weight is 298 g/mol. The summed E-state index contributed by atoms with van der Waals surface area (Å²) in [5.74, 6) is 0. The fourth-order valence-electron chi connectivity index (χ4n) is 2.28. The highest BCUT2D eigenvalue weighted by Crippen LogP contribution is 2.24. The van der Waals surface area contributed by atoms with Crippen molar-refractivity contribution in [1.82, 2.24) is 19.7 Å². The van der Waals surface area contributed by atoms with Crippen molar-refractivity contribution in [3.63, 3.8) is 0 Å². The molecule has 0 N–H and O–H groups in total. The van der Waals surface area contributed by atoms with Crippen molar-refractivity contribution in [2.75, 3.05) is 0 Å². The minimum atomic E-state index is -0.205. The average Bonchev–Trinajstić information content (AvgIpc) is 3.06. The molecule has 104 valence electrons. The first kappa shape index (κ1) is 12.2. The molecule has 0 amide bonds. The van der Waals surface area contributed by atoms with Crippen LogP contribution in [0.3, 0.4) is 0 Å². The van der Waals surface area contributed by atoms with E-state index in [-0.39, 0.29) is 11.1 Å². The molecule has 0 bridgehead atoms. The third-order valence-corrected chi connectivity index (χ3v) is 4.05. The Bertz CT molecular complexity index is 1010. The zero-order chi connectivity index (χ0) is 14.4. The van der Waals surface area contributed by atoms with Gasteiger partial charge in [-0.25, -0.2) is 4.98 Å². The van der Waals surface area contributed by atoms with Crippen molar-refractivity contribution >= 4 is 33.4 Å². The van der Waals surface area contributed by atoms with Crippen LogP contribution in [0.15, 0.2) is 39.8 Å². The molecule has 0 radical (unpaired) electrons. The van der Waals surface area contributed by atoms with Crippen LogP contribution >= 0.6 is 11.3 Å². The van der Waals surface area contributed by atoms with Crippen LogP contribution < -0.4 is 5.56 Å². The summed E-state index contributed by atoms with van der Waals surface area (Å²) in [5, 5.41) is 10.5. The zero-order valence-electron chi connectivity index (χ0n) is 11.1. The van der Waals surface area contributed by atoms with Crippen molar-refractivity contribution in [3.8, 4) is 0 Å². The van der Waals surface area contributed by atoms with Gasteiger partial charge in [0.25, 0.3) is 5.56 Å². The number of hydrogen-bond donors (Lipinski definition) is 0. The van der Waals surface area contributed by atoms with E-state index in [4.69, 9.17) is 4.42 Å². The maximum absolute atomic E-state index is 12.5. The highest BCUT2D eigenvalue weighted by Gasteiger charge is 2.13. The van der Waals surface area contributed by atoms with Crippen LogP contribution in [0, 0.1) is 6.92 Å². The van der Waals surface area contributed by atoms with E-state index in [2.05, 4.69) is 15.2 Å². The second-order valence-corrected chi connectivity index (χ2v) is 5.93. The molecule has 0 atom stereocenters. The van der Waals surface area contributed by atoms with Gasteiger partial charge in [0.15, 0.2) is 0 Å². The van der Waals surface area contributed by atoms with E-state index in [0.29, 0.717) is 17.6 Å². The molecule has 0 aliphatic heterocycles. The van der Waals surface area contributed by atoms with Crippen molar-refractivity contribution in [2.24, 2.45) is 0 Å². The molecule has 0 fully saturated rings. The van der Waals surface area contributed by atoms with Gasteiger partial charge >= 0.3 is 0 Å². The molecule has 4 rings (SSSR count). The van der Waals surface area contributed by atoms with E-state index in [1.807, 2.05) is 31.2 Å². The third kappa shape index (κ3) is 1.93. The Labute approximate surface area is 122 Å². The Kier molecular flexibility index (Phi) is 2.61. The van der Waals surface area contributed by atoms with E-state index in [1.165, 1.54) is 22.2 Å². The summed E-state index contributed by atoms with van der Waals surface area (Å²) >= 11 is 1.46. The van der Waals surface area contributed by atoms with Crippen LogP contribution in [-0.2, 0) is 6.54 Å². The quantitative estimate of drug-likeness (QED) is 0.568. The third-order valence-electron chi connectivity index (χ3n) is 3.22. The fraction of sp³-hybridized carbons (Fsp3) is 0.143. The van der Waals surface area contributed by atoms with Crippen LogP contribution in [0.5, 0.6) is 0 Å². The van der Waals surface area contributed by atoms with Gasteiger partial charge in [0.1, 0.15) is 21.1 Å². The zero-order valence-corrected chi connectivity index (χ0v) is 11.9. The molecule has 0 saturated carbocycles. The molecule has 0 aliphatic carbocycles. The van der Waals surface area contributed by atoms with E-state index < -0.39 is 0 Å². The molecule has 4 aromatic rings. The molecule has 3 aromatic heterocycles. The highest BCUT2D eigenvalue weighted by atomic mass is 32.1. The van der Waals surface area contributed by atoms with Crippen molar-refractivity contribution < 1.29 is 4.42 Å². The molecule has 0 spiro atoms. The first-order chi connectivity index (χ1) is 10.2. The molecule has 1 aromatic carbocycles. The fourth-order valence-corrected chi connectivity index (χ4v) is 2.98. The summed E-state index contributed by atoms with van der Waals surface area (Å²) in [5.41, 5.74) is 1.34. The SMILES string of the molecule is Cc1nnc(Cn2cnc3c(oc4ccccc43)c2=O)s1. The van der Waals surface area contributed by atoms with Gasteiger partial charge in [-0.2, -0.15) is 0 Å². The summed E-state index contributed by atoms with van der Waals surface area (Å²) in [6.07, 6.45) is 1.53. The molecule has 0 aliphatic rings. The summed E-state index contributed by atoms with van der Waals surface area (Å²) < 4.78 is 7.13. The minimum Gasteiger partial charge on any atom is -0.448 e. The topological polar surface area (TPSA) is 73.8 Å². The first-order valence-corrected chi connectivity index (χ1v) is 7.20. The number of nitrogens with zero attached hydrogens (tertiary/aromatic N) is 4. The molecular weight excluding hydrogens is 288 g/mol. The highest BCUT2D eigenvalue weighted by molar-refractivity contribution is 7.11.